The van der Waals surface area contributed by atoms with Gasteiger partial charge in [0.05, 0.1) is 4.90 Å². The third kappa shape index (κ3) is 3.26. The van der Waals surface area contributed by atoms with Crippen LogP contribution in [0.15, 0.2) is 53.4 Å². The first-order valence-electron chi connectivity index (χ1n) is 8.92. The van der Waals surface area contributed by atoms with E-state index in [1.54, 1.807) is 4.90 Å². The first kappa shape index (κ1) is 18.1. The normalized spacial score (nSPS) is 23.5. The molecule has 142 valence electrons. The minimum Gasteiger partial charge on any atom is -0.312 e. The van der Waals surface area contributed by atoms with Crippen LogP contribution < -0.4 is 4.90 Å². The topological polar surface area (TPSA) is 57.7 Å². The number of hydrogen-bond acceptors (Lipinski definition) is 3. The lowest BCUT2D eigenvalue weighted by molar-refractivity contribution is -0.117. The maximum atomic E-state index is 13.5. The van der Waals surface area contributed by atoms with E-state index in [1.165, 1.54) is 22.5 Å². The number of amides is 1. The van der Waals surface area contributed by atoms with Crippen molar-refractivity contribution in [2.24, 2.45) is 5.41 Å². The number of carbonyl (C=O) groups excluding carboxylic acids is 1. The van der Waals surface area contributed by atoms with Crippen LogP contribution >= 0.6 is 0 Å². The van der Waals surface area contributed by atoms with E-state index in [-0.39, 0.29) is 22.8 Å². The van der Waals surface area contributed by atoms with Crippen LogP contribution in [0.5, 0.6) is 0 Å². The number of anilines is 1. The van der Waals surface area contributed by atoms with Gasteiger partial charge in [0.15, 0.2) is 0 Å². The molecule has 2 aromatic carbocycles. The van der Waals surface area contributed by atoms with Crippen molar-refractivity contribution in [3.8, 4) is 0 Å². The molecule has 5 nitrogen and oxygen atoms in total. The second kappa shape index (κ2) is 6.42. The summed E-state index contributed by atoms with van der Waals surface area (Å²) in [6.07, 6.45) is 0.950. The summed E-state index contributed by atoms with van der Waals surface area (Å²) >= 11 is 0. The van der Waals surface area contributed by atoms with E-state index < -0.39 is 15.8 Å². The highest BCUT2D eigenvalue weighted by Gasteiger charge is 2.50. The van der Waals surface area contributed by atoms with Gasteiger partial charge in [-0.2, -0.15) is 4.31 Å². The second-order valence-electron chi connectivity index (χ2n) is 7.54. The number of aryl methyl sites for hydroxylation is 1. The van der Waals surface area contributed by atoms with Crippen molar-refractivity contribution in [2.75, 3.05) is 24.5 Å². The third-order valence-corrected chi connectivity index (χ3v) is 7.34. The summed E-state index contributed by atoms with van der Waals surface area (Å²) in [6, 6.07) is 12.8. The zero-order valence-corrected chi connectivity index (χ0v) is 15.9. The van der Waals surface area contributed by atoms with Gasteiger partial charge in [-0.15, -0.1) is 0 Å². The van der Waals surface area contributed by atoms with Crippen LogP contribution in [0.3, 0.4) is 0 Å². The molecule has 0 N–H and O–H groups in total. The van der Waals surface area contributed by atoms with Gasteiger partial charge >= 0.3 is 0 Å². The number of hydrogen-bond donors (Lipinski definition) is 0. The van der Waals surface area contributed by atoms with E-state index >= 15 is 0 Å². The van der Waals surface area contributed by atoms with Gasteiger partial charge in [0.25, 0.3) is 0 Å². The molecule has 2 aliphatic rings. The van der Waals surface area contributed by atoms with E-state index in [0.717, 1.165) is 17.3 Å². The Balaban J connectivity index is 1.55. The minimum absolute atomic E-state index is 0.0175. The predicted molar refractivity (Wildman–Crippen MR) is 100 cm³/mol. The molecule has 2 aliphatic heterocycles. The van der Waals surface area contributed by atoms with Crippen LogP contribution in [0, 0.1) is 18.2 Å². The number of benzene rings is 2. The average Bonchev–Trinajstić information content (AvgIpc) is 3.19. The highest BCUT2D eigenvalue weighted by atomic mass is 32.2. The highest BCUT2D eigenvalue weighted by Crippen LogP contribution is 2.43. The van der Waals surface area contributed by atoms with E-state index in [0.29, 0.717) is 25.9 Å². The molecule has 0 aromatic heterocycles. The number of carbonyl (C=O) groups is 1. The SMILES string of the molecule is Cc1ccc(N2C[C@]3(CCN(S(=O)(=O)c4cccc(F)c4)C3)CC2=O)cc1. The van der Waals surface area contributed by atoms with E-state index in [4.69, 9.17) is 0 Å². The number of sulfonamides is 1. The molecule has 1 spiro atoms. The van der Waals surface area contributed by atoms with Gasteiger partial charge in [0, 0.05) is 37.2 Å². The fourth-order valence-corrected chi connectivity index (χ4v) is 5.59. The molecular formula is C20H21FN2O3S. The molecule has 0 radical (unpaired) electrons. The molecule has 2 heterocycles. The molecule has 7 heteroatoms. The Morgan fingerprint density at radius 3 is 2.52 bits per heavy atom. The molecule has 27 heavy (non-hydrogen) atoms. The molecule has 2 saturated heterocycles. The Morgan fingerprint density at radius 2 is 1.81 bits per heavy atom. The summed E-state index contributed by atoms with van der Waals surface area (Å²) in [7, 11) is -3.77. The molecular weight excluding hydrogens is 367 g/mol. The van der Waals surface area contributed by atoms with Crippen LogP contribution in [0.1, 0.15) is 18.4 Å². The quantitative estimate of drug-likeness (QED) is 0.812. The number of rotatable bonds is 3. The van der Waals surface area contributed by atoms with Gasteiger partial charge in [0.1, 0.15) is 5.82 Å². The Morgan fingerprint density at radius 1 is 1.07 bits per heavy atom. The summed E-state index contributed by atoms with van der Waals surface area (Å²) < 4.78 is 40.6. The largest absolute Gasteiger partial charge is 0.312 e. The van der Waals surface area contributed by atoms with E-state index in [1.807, 2.05) is 31.2 Å². The van der Waals surface area contributed by atoms with Crippen molar-refractivity contribution in [1.82, 2.24) is 4.31 Å². The van der Waals surface area contributed by atoms with Gasteiger partial charge < -0.3 is 4.90 Å². The van der Waals surface area contributed by atoms with E-state index in [2.05, 4.69) is 0 Å². The van der Waals surface area contributed by atoms with Crippen LogP contribution in [0.2, 0.25) is 0 Å². The van der Waals surface area contributed by atoms with Crippen molar-refractivity contribution in [2.45, 2.75) is 24.7 Å². The van der Waals surface area contributed by atoms with Gasteiger partial charge in [-0.25, -0.2) is 12.8 Å². The Labute approximate surface area is 158 Å². The van der Waals surface area contributed by atoms with Crippen LogP contribution in [0.25, 0.3) is 0 Å². The van der Waals surface area contributed by atoms with Crippen molar-refractivity contribution < 1.29 is 17.6 Å². The second-order valence-corrected chi connectivity index (χ2v) is 9.48. The zero-order chi connectivity index (χ0) is 19.2. The molecule has 0 unspecified atom stereocenters. The van der Waals surface area contributed by atoms with Crippen molar-refractivity contribution in [3.05, 3.63) is 59.9 Å². The fourth-order valence-electron chi connectivity index (χ4n) is 4.00. The lowest BCUT2D eigenvalue weighted by atomic mass is 9.86. The lowest BCUT2D eigenvalue weighted by Crippen LogP contribution is -2.34. The molecule has 4 rings (SSSR count). The van der Waals surface area contributed by atoms with Gasteiger partial charge in [-0.3, -0.25) is 4.79 Å². The van der Waals surface area contributed by atoms with Crippen LogP contribution in [-0.4, -0.2) is 38.3 Å². The molecule has 2 aromatic rings. The minimum atomic E-state index is -3.77. The zero-order valence-electron chi connectivity index (χ0n) is 15.1. The maximum Gasteiger partial charge on any atom is 0.243 e. The predicted octanol–water partition coefficient (Wildman–Crippen LogP) is 2.95. The summed E-state index contributed by atoms with van der Waals surface area (Å²) in [5, 5.41) is 0. The Hall–Kier alpha value is -2.25. The standard InChI is InChI=1S/C20H21FN2O3S/c1-15-5-7-17(8-6-15)23-14-20(12-19(23)24)9-10-22(13-20)27(25,26)18-4-2-3-16(21)11-18/h2-8,11H,9-10,12-14H2,1H3/t20-/m1/s1. The van der Waals surface area contributed by atoms with Crippen molar-refractivity contribution >= 4 is 21.6 Å². The lowest BCUT2D eigenvalue weighted by Gasteiger charge is -2.24. The molecule has 0 saturated carbocycles. The molecule has 1 atom stereocenters. The van der Waals surface area contributed by atoms with Gasteiger partial charge in [-0.05, 0) is 43.7 Å². The van der Waals surface area contributed by atoms with E-state index in [9.17, 15) is 17.6 Å². The summed E-state index contributed by atoms with van der Waals surface area (Å²) in [5.41, 5.74) is 1.57. The summed E-state index contributed by atoms with van der Waals surface area (Å²) in [6.45, 7) is 3.11. The van der Waals surface area contributed by atoms with Crippen molar-refractivity contribution in [1.29, 1.82) is 0 Å². The average molecular weight is 388 g/mol. The maximum absolute atomic E-state index is 13.5. The number of halogens is 1. The Bertz CT molecular complexity index is 991. The summed E-state index contributed by atoms with van der Waals surface area (Å²) in [5.74, 6) is -0.560. The fraction of sp³-hybridized carbons (Fsp3) is 0.350. The molecule has 0 bridgehead atoms. The first-order chi connectivity index (χ1) is 12.8. The first-order valence-corrected chi connectivity index (χ1v) is 10.4. The van der Waals surface area contributed by atoms with Gasteiger partial charge in [0.2, 0.25) is 15.9 Å². The molecule has 0 aliphatic carbocycles. The third-order valence-electron chi connectivity index (χ3n) is 5.50. The monoisotopic (exact) mass is 388 g/mol. The number of nitrogens with zero attached hydrogens (tertiary/aromatic N) is 2. The molecule has 1 amide bonds. The molecule has 2 fully saturated rings. The van der Waals surface area contributed by atoms with Gasteiger partial charge in [-0.1, -0.05) is 23.8 Å². The Kier molecular flexibility index (Phi) is 4.31. The van der Waals surface area contributed by atoms with Crippen LogP contribution in [0.4, 0.5) is 10.1 Å². The van der Waals surface area contributed by atoms with Crippen LogP contribution in [-0.2, 0) is 14.8 Å². The van der Waals surface area contributed by atoms with Crippen molar-refractivity contribution in [3.63, 3.8) is 0 Å². The summed E-state index contributed by atoms with van der Waals surface area (Å²) in [4.78, 5) is 14.3. The smallest absolute Gasteiger partial charge is 0.243 e. The highest BCUT2D eigenvalue weighted by molar-refractivity contribution is 7.89.